The van der Waals surface area contributed by atoms with Crippen molar-refractivity contribution in [1.82, 2.24) is 4.90 Å². The molecule has 0 unspecified atom stereocenters. The smallest absolute Gasteiger partial charge is 0.254 e. The Morgan fingerprint density at radius 1 is 0.952 bits per heavy atom. The van der Waals surface area contributed by atoms with Gasteiger partial charge in [0.2, 0.25) is 0 Å². The van der Waals surface area contributed by atoms with Gasteiger partial charge in [-0.3, -0.25) is 4.79 Å². The van der Waals surface area contributed by atoms with Gasteiger partial charge in [0.1, 0.15) is 0 Å². The van der Waals surface area contributed by atoms with Gasteiger partial charge < -0.3 is 4.90 Å². The Labute approximate surface area is 130 Å². The predicted molar refractivity (Wildman–Crippen MR) is 89.5 cm³/mol. The number of hydrogen-bond acceptors (Lipinski definition) is 1. The molecular weight excluding hydrogens is 258 g/mol. The second kappa shape index (κ2) is 11.4. The van der Waals surface area contributed by atoms with E-state index in [1.807, 2.05) is 29.2 Å². The highest BCUT2D eigenvalue weighted by Gasteiger charge is 2.14. The van der Waals surface area contributed by atoms with Gasteiger partial charge in [-0.15, -0.1) is 0 Å². The minimum Gasteiger partial charge on any atom is -0.339 e. The van der Waals surface area contributed by atoms with Crippen LogP contribution in [0.2, 0.25) is 0 Å². The first-order chi connectivity index (χ1) is 10.3. The lowest BCUT2D eigenvalue weighted by atomic mass is 10.1. The van der Waals surface area contributed by atoms with Crippen LogP contribution < -0.4 is 0 Å². The molecule has 0 N–H and O–H groups in total. The molecule has 0 spiro atoms. The maximum atomic E-state index is 12.6. The van der Waals surface area contributed by atoms with Gasteiger partial charge >= 0.3 is 0 Å². The molecule has 0 aromatic heterocycles. The van der Waals surface area contributed by atoms with E-state index in [0.717, 1.165) is 25.9 Å². The molecule has 21 heavy (non-hydrogen) atoms. The zero-order valence-electron chi connectivity index (χ0n) is 13.7. The molecule has 0 saturated carbocycles. The maximum absolute atomic E-state index is 12.6. The first kappa shape index (κ1) is 17.7. The first-order valence-corrected chi connectivity index (χ1v) is 8.55. The number of unbranched alkanes of at least 4 members (excludes halogenated alkanes) is 6. The van der Waals surface area contributed by atoms with Gasteiger partial charge in [-0.1, -0.05) is 70.6 Å². The Kier molecular flexibility index (Phi) is 9.60. The number of carbonyl (C=O) groups excluding carboxylic acids is 1. The van der Waals surface area contributed by atoms with E-state index in [-0.39, 0.29) is 5.91 Å². The summed E-state index contributed by atoms with van der Waals surface area (Å²) in [4.78, 5) is 14.6. The van der Waals surface area contributed by atoms with Crippen LogP contribution in [0.15, 0.2) is 24.3 Å². The largest absolute Gasteiger partial charge is 0.339 e. The van der Waals surface area contributed by atoms with Crippen molar-refractivity contribution in [2.24, 2.45) is 0 Å². The molecule has 1 aromatic rings. The van der Waals surface area contributed by atoms with Crippen molar-refractivity contribution in [2.45, 2.75) is 65.2 Å². The lowest BCUT2D eigenvalue weighted by molar-refractivity contribution is 0.0749. The van der Waals surface area contributed by atoms with Gasteiger partial charge in [0.15, 0.2) is 0 Å². The standard InChI is InChI=1S/C19H30NO/c1-3-5-7-12-16-20(17-13-8-6-4-2)19(21)18-14-10-9-11-15-18/h9-11,14H,3-8,12-13,16-17H2,1-2H3. The molecule has 0 heterocycles. The molecule has 2 heteroatoms. The molecule has 1 rings (SSSR count). The first-order valence-electron chi connectivity index (χ1n) is 8.55. The number of benzene rings is 1. The summed E-state index contributed by atoms with van der Waals surface area (Å²) in [5, 5.41) is 0. The molecule has 1 amide bonds. The molecule has 1 aromatic carbocycles. The minimum atomic E-state index is 0.142. The number of nitrogens with zero attached hydrogens (tertiary/aromatic N) is 1. The van der Waals surface area contributed by atoms with Crippen LogP contribution in [-0.4, -0.2) is 23.9 Å². The number of rotatable bonds is 11. The lowest BCUT2D eigenvalue weighted by Crippen LogP contribution is -2.33. The third-order valence-electron chi connectivity index (χ3n) is 3.79. The quantitative estimate of drug-likeness (QED) is 0.519. The van der Waals surface area contributed by atoms with Crippen molar-refractivity contribution in [2.75, 3.05) is 13.1 Å². The summed E-state index contributed by atoms with van der Waals surface area (Å²) in [5.74, 6) is 0.142. The Bertz CT molecular complexity index is 362. The Morgan fingerprint density at radius 2 is 1.57 bits per heavy atom. The minimum absolute atomic E-state index is 0.142. The van der Waals surface area contributed by atoms with Crippen molar-refractivity contribution in [3.8, 4) is 0 Å². The second-order valence-corrected chi connectivity index (χ2v) is 5.69. The molecule has 0 aliphatic carbocycles. The van der Waals surface area contributed by atoms with Crippen molar-refractivity contribution in [1.29, 1.82) is 0 Å². The molecule has 0 aliphatic rings. The third-order valence-corrected chi connectivity index (χ3v) is 3.79. The van der Waals surface area contributed by atoms with Crippen molar-refractivity contribution in [3.63, 3.8) is 0 Å². The average Bonchev–Trinajstić information content (AvgIpc) is 2.53. The highest BCUT2D eigenvalue weighted by atomic mass is 16.2. The van der Waals surface area contributed by atoms with E-state index in [9.17, 15) is 4.79 Å². The highest BCUT2D eigenvalue weighted by molar-refractivity contribution is 5.93. The lowest BCUT2D eigenvalue weighted by Gasteiger charge is -2.23. The number of hydrogen-bond donors (Lipinski definition) is 0. The van der Waals surface area contributed by atoms with E-state index >= 15 is 0 Å². The zero-order valence-corrected chi connectivity index (χ0v) is 13.7. The molecule has 0 aliphatic heterocycles. The summed E-state index contributed by atoms with van der Waals surface area (Å²) in [6, 6.07) is 10.6. The zero-order chi connectivity index (χ0) is 15.3. The van der Waals surface area contributed by atoms with Crippen LogP contribution in [0.1, 0.15) is 75.6 Å². The summed E-state index contributed by atoms with van der Waals surface area (Å²) in [5.41, 5.74) is 0.698. The van der Waals surface area contributed by atoms with E-state index in [4.69, 9.17) is 0 Å². The van der Waals surface area contributed by atoms with E-state index < -0.39 is 0 Å². The van der Waals surface area contributed by atoms with Gasteiger partial charge in [0.05, 0.1) is 0 Å². The summed E-state index contributed by atoms with van der Waals surface area (Å²) < 4.78 is 0. The van der Waals surface area contributed by atoms with Crippen LogP contribution in [0.5, 0.6) is 0 Å². The predicted octanol–water partition coefficient (Wildman–Crippen LogP) is 5.09. The molecular formula is C19H30NO. The molecule has 0 bridgehead atoms. The van der Waals surface area contributed by atoms with Crippen LogP contribution in [0.25, 0.3) is 0 Å². The van der Waals surface area contributed by atoms with E-state index in [1.165, 1.54) is 38.5 Å². The van der Waals surface area contributed by atoms with Gasteiger partial charge in [-0.05, 0) is 25.0 Å². The van der Waals surface area contributed by atoms with Crippen LogP contribution in [-0.2, 0) is 0 Å². The van der Waals surface area contributed by atoms with Crippen LogP contribution >= 0.6 is 0 Å². The molecule has 0 fully saturated rings. The molecule has 117 valence electrons. The van der Waals surface area contributed by atoms with Crippen LogP contribution in [0.3, 0.4) is 0 Å². The van der Waals surface area contributed by atoms with E-state index in [1.54, 1.807) is 0 Å². The average molecular weight is 288 g/mol. The van der Waals surface area contributed by atoms with Gasteiger partial charge in [-0.25, -0.2) is 0 Å². The van der Waals surface area contributed by atoms with Crippen molar-refractivity contribution < 1.29 is 4.79 Å². The van der Waals surface area contributed by atoms with Gasteiger partial charge in [0, 0.05) is 18.7 Å². The highest BCUT2D eigenvalue weighted by Crippen LogP contribution is 2.10. The molecule has 2 nitrogen and oxygen atoms in total. The molecule has 0 saturated heterocycles. The summed E-state index contributed by atoms with van der Waals surface area (Å²) in [6.45, 7) is 6.20. The molecule has 1 radical (unpaired) electrons. The topological polar surface area (TPSA) is 20.3 Å². The summed E-state index contributed by atoms with van der Waals surface area (Å²) >= 11 is 0. The van der Waals surface area contributed by atoms with Gasteiger partial charge in [0.25, 0.3) is 5.91 Å². The second-order valence-electron chi connectivity index (χ2n) is 5.69. The number of carbonyl (C=O) groups is 1. The Morgan fingerprint density at radius 3 is 2.05 bits per heavy atom. The monoisotopic (exact) mass is 288 g/mol. The molecule has 0 atom stereocenters. The fourth-order valence-corrected chi connectivity index (χ4v) is 2.47. The SMILES string of the molecule is CCCCCCN(CCCCCC)C(=O)c1[c]cccc1. The third kappa shape index (κ3) is 7.31. The summed E-state index contributed by atoms with van der Waals surface area (Å²) in [7, 11) is 0. The van der Waals surface area contributed by atoms with Crippen molar-refractivity contribution >= 4 is 5.91 Å². The van der Waals surface area contributed by atoms with Crippen molar-refractivity contribution in [3.05, 3.63) is 35.9 Å². The van der Waals surface area contributed by atoms with E-state index in [0.29, 0.717) is 5.56 Å². The normalized spacial score (nSPS) is 10.6. The van der Waals surface area contributed by atoms with Crippen LogP contribution in [0.4, 0.5) is 0 Å². The Balaban J connectivity index is 2.51. The Hall–Kier alpha value is -1.31. The van der Waals surface area contributed by atoms with Gasteiger partial charge in [-0.2, -0.15) is 0 Å². The fraction of sp³-hybridized carbons (Fsp3) is 0.632. The summed E-state index contributed by atoms with van der Waals surface area (Å²) in [6.07, 6.45) is 9.64. The number of amides is 1. The fourth-order valence-electron chi connectivity index (χ4n) is 2.47. The van der Waals surface area contributed by atoms with E-state index in [2.05, 4.69) is 19.9 Å². The van der Waals surface area contributed by atoms with Crippen LogP contribution in [0, 0.1) is 6.07 Å². The maximum Gasteiger partial charge on any atom is 0.254 e.